The zero-order valence-corrected chi connectivity index (χ0v) is 18.3. The summed E-state index contributed by atoms with van der Waals surface area (Å²) in [6.45, 7) is 2.20. The van der Waals surface area contributed by atoms with E-state index in [9.17, 15) is 18.8 Å². The first-order valence-electron chi connectivity index (χ1n) is 11.3. The fourth-order valence-electron chi connectivity index (χ4n) is 4.52. The topological polar surface area (TPSA) is 90.5 Å². The third-order valence-electron chi connectivity index (χ3n) is 6.48. The predicted octanol–water partition coefficient (Wildman–Crippen LogP) is 2.43. The fourth-order valence-corrected chi connectivity index (χ4v) is 4.52. The molecule has 1 aliphatic heterocycles. The number of amides is 3. The van der Waals surface area contributed by atoms with E-state index in [0.717, 1.165) is 32.1 Å². The molecule has 1 aromatic rings. The number of rotatable bonds is 7. The van der Waals surface area contributed by atoms with Crippen LogP contribution in [0.25, 0.3) is 0 Å². The summed E-state index contributed by atoms with van der Waals surface area (Å²) < 4.78 is 14.0. The van der Waals surface area contributed by atoms with Crippen LogP contribution in [0.15, 0.2) is 24.3 Å². The Morgan fingerprint density at radius 2 is 1.77 bits per heavy atom. The van der Waals surface area contributed by atoms with Crippen molar-refractivity contribution >= 4 is 23.4 Å². The van der Waals surface area contributed by atoms with Crippen molar-refractivity contribution in [2.45, 2.75) is 70.0 Å². The molecule has 1 saturated carbocycles. The Balaban J connectivity index is 1.75. The molecule has 3 atom stereocenters. The number of nitrogens with zero attached hydrogens (tertiary/aromatic N) is 1. The lowest BCUT2D eigenvalue weighted by Gasteiger charge is -2.35. The molecule has 3 unspecified atom stereocenters. The predicted molar refractivity (Wildman–Crippen MR) is 117 cm³/mol. The minimum atomic E-state index is -0.670. The van der Waals surface area contributed by atoms with E-state index in [4.69, 9.17) is 0 Å². The van der Waals surface area contributed by atoms with E-state index in [0.29, 0.717) is 19.4 Å². The van der Waals surface area contributed by atoms with Gasteiger partial charge in [0.05, 0.1) is 11.7 Å². The molecule has 0 bridgehead atoms. The summed E-state index contributed by atoms with van der Waals surface area (Å²) >= 11 is 0. The Labute approximate surface area is 183 Å². The van der Waals surface area contributed by atoms with Crippen LogP contribution < -0.4 is 16.0 Å². The van der Waals surface area contributed by atoms with Gasteiger partial charge < -0.3 is 20.9 Å². The van der Waals surface area contributed by atoms with Gasteiger partial charge in [-0.15, -0.1) is 0 Å². The van der Waals surface area contributed by atoms with Gasteiger partial charge in [0, 0.05) is 6.54 Å². The summed E-state index contributed by atoms with van der Waals surface area (Å²) in [7, 11) is 1.70. The second kappa shape index (κ2) is 10.7. The molecule has 0 aromatic heterocycles. The second-order valence-corrected chi connectivity index (χ2v) is 8.55. The molecule has 31 heavy (non-hydrogen) atoms. The molecular formula is C23H33FN4O3. The summed E-state index contributed by atoms with van der Waals surface area (Å²) in [5.74, 6) is -1.29. The van der Waals surface area contributed by atoms with Crippen LogP contribution >= 0.6 is 0 Å². The molecule has 8 heteroatoms. The standard InChI is InChI=1S/C23H33FN4O3/c1-15(25-2)21(29)27-20(16-9-4-3-5-10-16)23(31)28-14-8-13-19(28)22(30)26-18-12-7-6-11-17(18)24/h6-7,11-12,15-16,19-20,25H,3-5,8-10,13-14H2,1-2H3,(H,26,30)(H,27,29). The van der Waals surface area contributed by atoms with Gasteiger partial charge in [-0.05, 0) is 57.7 Å². The summed E-state index contributed by atoms with van der Waals surface area (Å²) in [5.41, 5.74) is 0.103. The van der Waals surface area contributed by atoms with Gasteiger partial charge in [0.25, 0.3) is 0 Å². The first kappa shape index (κ1) is 23.2. The van der Waals surface area contributed by atoms with Crippen molar-refractivity contribution < 1.29 is 18.8 Å². The molecule has 3 amide bonds. The van der Waals surface area contributed by atoms with Crippen LogP contribution in [0.1, 0.15) is 51.9 Å². The quantitative estimate of drug-likeness (QED) is 0.617. The molecular weight excluding hydrogens is 399 g/mol. The third kappa shape index (κ3) is 5.61. The average Bonchev–Trinajstić information content (AvgIpc) is 3.28. The number of carbonyl (C=O) groups is 3. The molecule has 3 N–H and O–H groups in total. The maximum absolute atomic E-state index is 14.0. The molecule has 1 saturated heterocycles. The normalized spacial score (nSPS) is 21.4. The van der Waals surface area contributed by atoms with Gasteiger partial charge in [0.2, 0.25) is 17.7 Å². The SMILES string of the molecule is CNC(C)C(=O)NC(C(=O)N1CCCC1C(=O)Nc1ccccc1F)C1CCCCC1. The molecule has 0 radical (unpaired) electrons. The van der Waals surface area contributed by atoms with E-state index in [1.807, 2.05) is 0 Å². The highest BCUT2D eigenvalue weighted by molar-refractivity contribution is 5.99. The van der Waals surface area contributed by atoms with E-state index >= 15 is 0 Å². The largest absolute Gasteiger partial charge is 0.343 e. The molecule has 1 aliphatic carbocycles. The lowest BCUT2D eigenvalue weighted by Crippen LogP contribution is -2.57. The van der Waals surface area contributed by atoms with Crippen molar-refractivity contribution in [3.05, 3.63) is 30.1 Å². The smallest absolute Gasteiger partial charge is 0.247 e. The van der Waals surface area contributed by atoms with Crippen molar-refractivity contribution in [3.8, 4) is 0 Å². The van der Waals surface area contributed by atoms with Crippen LogP contribution in [0, 0.1) is 11.7 Å². The summed E-state index contributed by atoms with van der Waals surface area (Å²) in [6.07, 6.45) is 6.17. The number of hydrogen-bond donors (Lipinski definition) is 3. The van der Waals surface area contributed by atoms with Crippen LogP contribution in [0.2, 0.25) is 0 Å². The Hall–Kier alpha value is -2.48. The fraction of sp³-hybridized carbons (Fsp3) is 0.609. The van der Waals surface area contributed by atoms with Crippen molar-refractivity contribution in [3.63, 3.8) is 0 Å². The molecule has 2 aliphatic rings. The van der Waals surface area contributed by atoms with Gasteiger partial charge in [-0.25, -0.2) is 4.39 Å². The first-order valence-corrected chi connectivity index (χ1v) is 11.3. The van der Waals surface area contributed by atoms with Crippen LogP contribution in [-0.4, -0.2) is 54.3 Å². The summed E-state index contributed by atoms with van der Waals surface area (Å²) in [4.78, 5) is 40.6. The van der Waals surface area contributed by atoms with Crippen molar-refractivity contribution in [1.29, 1.82) is 0 Å². The molecule has 170 valence electrons. The van der Waals surface area contributed by atoms with Crippen molar-refractivity contribution in [2.24, 2.45) is 5.92 Å². The Morgan fingerprint density at radius 3 is 2.45 bits per heavy atom. The van der Waals surface area contributed by atoms with Crippen LogP contribution in [-0.2, 0) is 14.4 Å². The number of para-hydroxylation sites is 1. The van der Waals surface area contributed by atoms with E-state index in [-0.39, 0.29) is 23.4 Å². The van der Waals surface area contributed by atoms with E-state index in [2.05, 4.69) is 16.0 Å². The van der Waals surface area contributed by atoms with Gasteiger partial charge >= 0.3 is 0 Å². The Morgan fingerprint density at radius 1 is 1.06 bits per heavy atom. The molecule has 7 nitrogen and oxygen atoms in total. The zero-order valence-electron chi connectivity index (χ0n) is 18.3. The zero-order chi connectivity index (χ0) is 22.4. The number of likely N-dealkylation sites (N-methyl/N-ethyl adjacent to an activating group) is 1. The number of hydrogen-bond acceptors (Lipinski definition) is 4. The Bertz CT molecular complexity index is 797. The molecule has 1 heterocycles. The number of benzene rings is 1. The van der Waals surface area contributed by atoms with Gasteiger partial charge in [-0.3, -0.25) is 14.4 Å². The first-order chi connectivity index (χ1) is 14.9. The van der Waals surface area contributed by atoms with E-state index < -0.39 is 29.8 Å². The van der Waals surface area contributed by atoms with Crippen molar-refractivity contribution in [1.82, 2.24) is 15.5 Å². The minimum Gasteiger partial charge on any atom is -0.343 e. The van der Waals surface area contributed by atoms with Crippen molar-refractivity contribution in [2.75, 3.05) is 18.9 Å². The molecule has 2 fully saturated rings. The van der Waals surface area contributed by atoms with Gasteiger partial charge in [-0.2, -0.15) is 0 Å². The van der Waals surface area contributed by atoms with E-state index in [1.165, 1.54) is 12.1 Å². The summed E-state index contributed by atoms with van der Waals surface area (Å²) in [6, 6.07) is 4.25. The average molecular weight is 433 g/mol. The second-order valence-electron chi connectivity index (χ2n) is 8.55. The number of carbonyl (C=O) groups excluding carboxylic acids is 3. The molecule has 0 spiro atoms. The lowest BCUT2D eigenvalue weighted by atomic mass is 9.83. The highest BCUT2D eigenvalue weighted by Gasteiger charge is 2.41. The third-order valence-corrected chi connectivity index (χ3v) is 6.48. The Kier molecular flexibility index (Phi) is 8.01. The van der Waals surface area contributed by atoms with Crippen LogP contribution in [0.3, 0.4) is 0 Å². The number of anilines is 1. The lowest BCUT2D eigenvalue weighted by molar-refractivity contribution is -0.142. The number of likely N-dealkylation sites (tertiary alicyclic amines) is 1. The number of nitrogens with one attached hydrogen (secondary N) is 3. The maximum atomic E-state index is 14.0. The monoisotopic (exact) mass is 432 g/mol. The minimum absolute atomic E-state index is 0.0603. The maximum Gasteiger partial charge on any atom is 0.247 e. The summed E-state index contributed by atoms with van der Waals surface area (Å²) in [5, 5.41) is 8.47. The van der Waals surface area contributed by atoms with Gasteiger partial charge in [0.15, 0.2) is 0 Å². The highest BCUT2D eigenvalue weighted by Crippen LogP contribution is 2.29. The van der Waals surface area contributed by atoms with Gasteiger partial charge in [0.1, 0.15) is 17.9 Å². The van der Waals surface area contributed by atoms with E-state index in [1.54, 1.807) is 31.0 Å². The molecule has 1 aromatic carbocycles. The van der Waals surface area contributed by atoms with Crippen LogP contribution in [0.4, 0.5) is 10.1 Å². The highest BCUT2D eigenvalue weighted by atomic mass is 19.1. The van der Waals surface area contributed by atoms with Gasteiger partial charge in [-0.1, -0.05) is 31.4 Å². The molecule has 3 rings (SSSR count). The number of halogens is 1. The van der Waals surface area contributed by atoms with Crippen LogP contribution in [0.5, 0.6) is 0 Å².